The van der Waals surface area contributed by atoms with E-state index in [9.17, 15) is 28.1 Å². The van der Waals surface area contributed by atoms with Gasteiger partial charge < -0.3 is 15.0 Å². The van der Waals surface area contributed by atoms with Crippen molar-refractivity contribution in [3.63, 3.8) is 0 Å². The standard InChI is InChI=1S/C30H34Cl2N4O7S/c1-4-5-15-33-30(38)27(17-21-9-7-6-8-10-21)34(19-22-11-13-24(31)25(32)16-22)29(37)20-35(44(3,41)42)26-18-23(36(39)40)12-14-28(26)43-2/h6-14,16,18,27H,4-5,15,17,19-20H2,1-3H3,(H,33,38). The summed E-state index contributed by atoms with van der Waals surface area (Å²) < 4.78 is 32.2. The number of methoxy groups -OCH3 is 1. The lowest BCUT2D eigenvalue weighted by atomic mass is 10.0. The number of carbonyl (C=O) groups excluding carboxylic acids is 2. The van der Waals surface area contributed by atoms with Crippen LogP contribution in [0.2, 0.25) is 10.0 Å². The highest BCUT2D eigenvalue weighted by Gasteiger charge is 2.34. The summed E-state index contributed by atoms with van der Waals surface area (Å²) in [5, 5.41) is 14.9. The number of sulfonamides is 1. The van der Waals surface area contributed by atoms with Crippen LogP contribution >= 0.6 is 23.2 Å². The molecule has 2 amide bonds. The fraction of sp³-hybridized carbons (Fsp3) is 0.333. The van der Waals surface area contributed by atoms with Crippen molar-refractivity contribution in [3.05, 3.63) is 98.0 Å². The third-order valence-electron chi connectivity index (χ3n) is 6.76. The lowest BCUT2D eigenvalue weighted by Crippen LogP contribution is -2.53. The number of carbonyl (C=O) groups is 2. The number of unbranched alkanes of at least 4 members (excludes halogenated alkanes) is 1. The Morgan fingerprint density at radius 3 is 2.32 bits per heavy atom. The van der Waals surface area contributed by atoms with Gasteiger partial charge in [-0.25, -0.2) is 8.42 Å². The summed E-state index contributed by atoms with van der Waals surface area (Å²) >= 11 is 12.4. The number of nitrogens with zero attached hydrogens (tertiary/aromatic N) is 3. The fourth-order valence-corrected chi connectivity index (χ4v) is 5.64. The van der Waals surface area contributed by atoms with E-state index in [-0.39, 0.29) is 29.4 Å². The van der Waals surface area contributed by atoms with Gasteiger partial charge >= 0.3 is 0 Å². The molecule has 1 atom stereocenters. The minimum atomic E-state index is -4.19. The minimum absolute atomic E-state index is 0.00278. The molecule has 0 aliphatic carbocycles. The zero-order valence-electron chi connectivity index (χ0n) is 24.5. The number of non-ortho nitro benzene ring substituents is 1. The number of nitro benzene ring substituents is 1. The third kappa shape index (κ3) is 9.31. The molecule has 0 radical (unpaired) electrons. The first kappa shape index (κ1) is 34.6. The van der Waals surface area contributed by atoms with E-state index in [1.807, 2.05) is 37.3 Å². The molecule has 3 aromatic rings. The van der Waals surface area contributed by atoms with Gasteiger partial charge in [-0.2, -0.15) is 0 Å². The second kappa shape index (κ2) is 15.7. The van der Waals surface area contributed by atoms with Gasteiger partial charge in [0.25, 0.3) is 5.69 Å². The molecule has 0 bridgehead atoms. The minimum Gasteiger partial charge on any atom is -0.495 e. The van der Waals surface area contributed by atoms with E-state index >= 15 is 0 Å². The van der Waals surface area contributed by atoms with E-state index in [1.54, 1.807) is 18.2 Å². The summed E-state index contributed by atoms with van der Waals surface area (Å²) in [6.45, 7) is 1.48. The van der Waals surface area contributed by atoms with E-state index in [0.717, 1.165) is 41.1 Å². The second-order valence-corrected chi connectivity index (χ2v) is 12.7. The van der Waals surface area contributed by atoms with Gasteiger partial charge in [0.1, 0.15) is 24.0 Å². The van der Waals surface area contributed by atoms with E-state index in [4.69, 9.17) is 27.9 Å². The Hall–Kier alpha value is -3.87. The zero-order valence-corrected chi connectivity index (χ0v) is 26.9. The van der Waals surface area contributed by atoms with Crippen molar-refractivity contribution in [1.29, 1.82) is 0 Å². The van der Waals surface area contributed by atoms with Crippen LogP contribution in [-0.4, -0.2) is 62.6 Å². The first-order valence-corrected chi connectivity index (χ1v) is 16.3. The number of amides is 2. The number of ether oxygens (including phenoxy) is 1. The highest BCUT2D eigenvalue weighted by atomic mass is 35.5. The number of nitro groups is 1. The van der Waals surface area contributed by atoms with Crippen molar-refractivity contribution in [3.8, 4) is 5.75 Å². The molecule has 0 fully saturated rings. The molecule has 3 aromatic carbocycles. The fourth-order valence-electron chi connectivity index (χ4n) is 4.48. The summed E-state index contributed by atoms with van der Waals surface area (Å²) in [6, 6.07) is 16.3. The molecule has 0 spiro atoms. The van der Waals surface area contributed by atoms with Crippen LogP contribution in [0.1, 0.15) is 30.9 Å². The van der Waals surface area contributed by atoms with Gasteiger partial charge in [-0.05, 0) is 35.7 Å². The van der Waals surface area contributed by atoms with Crippen LogP contribution in [-0.2, 0) is 32.6 Å². The average molecular weight is 666 g/mol. The molecule has 3 rings (SSSR count). The average Bonchev–Trinajstić information content (AvgIpc) is 2.99. The van der Waals surface area contributed by atoms with Crippen molar-refractivity contribution in [2.45, 2.75) is 38.8 Å². The van der Waals surface area contributed by atoms with Crippen molar-refractivity contribution >= 4 is 56.4 Å². The predicted octanol–water partition coefficient (Wildman–Crippen LogP) is 5.23. The maximum Gasteiger partial charge on any atom is 0.271 e. The topological polar surface area (TPSA) is 139 Å². The Morgan fingerprint density at radius 2 is 1.73 bits per heavy atom. The lowest BCUT2D eigenvalue weighted by Gasteiger charge is -2.33. The molecule has 14 heteroatoms. The van der Waals surface area contributed by atoms with E-state index in [0.29, 0.717) is 17.1 Å². The molecule has 11 nitrogen and oxygen atoms in total. The van der Waals surface area contributed by atoms with Gasteiger partial charge in [0.05, 0.1) is 28.3 Å². The third-order valence-corrected chi connectivity index (χ3v) is 8.62. The maximum absolute atomic E-state index is 14.2. The smallest absolute Gasteiger partial charge is 0.271 e. The molecule has 1 unspecified atom stereocenters. The van der Waals surface area contributed by atoms with Crippen LogP contribution < -0.4 is 14.4 Å². The van der Waals surface area contributed by atoms with Gasteiger partial charge in [0, 0.05) is 31.6 Å². The van der Waals surface area contributed by atoms with Crippen LogP contribution in [0.4, 0.5) is 11.4 Å². The normalized spacial score (nSPS) is 11.8. The van der Waals surface area contributed by atoms with Gasteiger partial charge in [-0.15, -0.1) is 0 Å². The second-order valence-electron chi connectivity index (χ2n) is 10.0. The number of halogens is 2. The van der Waals surface area contributed by atoms with Crippen molar-refractivity contribution in [1.82, 2.24) is 10.2 Å². The Labute approximate surface area is 266 Å². The molecular weight excluding hydrogens is 631 g/mol. The maximum atomic E-state index is 14.2. The van der Waals surface area contributed by atoms with Gasteiger partial charge in [0.2, 0.25) is 21.8 Å². The van der Waals surface area contributed by atoms with Crippen LogP contribution in [0.25, 0.3) is 0 Å². The van der Waals surface area contributed by atoms with E-state index in [2.05, 4.69) is 5.32 Å². The van der Waals surface area contributed by atoms with E-state index in [1.165, 1.54) is 18.1 Å². The summed E-state index contributed by atoms with van der Waals surface area (Å²) in [7, 11) is -2.91. The lowest BCUT2D eigenvalue weighted by molar-refractivity contribution is -0.384. The number of hydrogen-bond donors (Lipinski definition) is 1. The Kier molecular flexibility index (Phi) is 12.4. The molecular formula is C30H34Cl2N4O7S. The molecule has 1 N–H and O–H groups in total. The number of anilines is 1. The summed E-state index contributed by atoms with van der Waals surface area (Å²) in [5.41, 5.74) is 0.729. The van der Waals surface area contributed by atoms with Crippen LogP contribution in [0.15, 0.2) is 66.7 Å². The predicted molar refractivity (Wildman–Crippen MR) is 171 cm³/mol. The summed E-state index contributed by atoms with van der Waals surface area (Å²) in [5.74, 6) is -1.15. The van der Waals surface area contributed by atoms with E-state index < -0.39 is 45.0 Å². The SMILES string of the molecule is CCCCNC(=O)C(Cc1ccccc1)N(Cc1ccc(Cl)c(Cl)c1)C(=O)CN(c1cc([N+](=O)[O-])ccc1OC)S(C)(=O)=O. The molecule has 44 heavy (non-hydrogen) atoms. The first-order valence-electron chi connectivity index (χ1n) is 13.7. The van der Waals surface area contributed by atoms with Crippen molar-refractivity contribution in [2.24, 2.45) is 0 Å². The largest absolute Gasteiger partial charge is 0.495 e. The molecule has 0 saturated carbocycles. The number of benzene rings is 3. The molecule has 0 aliphatic rings. The summed E-state index contributed by atoms with van der Waals surface area (Å²) in [4.78, 5) is 40.0. The van der Waals surface area contributed by atoms with Gasteiger partial charge in [-0.1, -0.05) is 72.9 Å². The number of nitrogens with one attached hydrogen (secondary N) is 1. The Balaban J connectivity index is 2.13. The monoisotopic (exact) mass is 664 g/mol. The molecule has 236 valence electrons. The van der Waals surface area contributed by atoms with Crippen molar-refractivity contribution in [2.75, 3.05) is 30.8 Å². The zero-order chi connectivity index (χ0) is 32.4. The highest BCUT2D eigenvalue weighted by Crippen LogP contribution is 2.34. The van der Waals surface area contributed by atoms with Gasteiger partial charge in [0.15, 0.2) is 0 Å². The number of hydrogen-bond acceptors (Lipinski definition) is 7. The van der Waals surface area contributed by atoms with Crippen molar-refractivity contribution < 1.29 is 27.7 Å². The van der Waals surface area contributed by atoms with Crippen LogP contribution in [0.5, 0.6) is 5.75 Å². The Bertz CT molecular complexity index is 1590. The van der Waals surface area contributed by atoms with Gasteiger partial charge in [-0.3, -0.25) is 24.0 Å². The summed E-state index contributed by atoms with van der Waals surface area (Å²) in [6.07, 6.45) is 2.56. The Morgan fingerprint density at radius 1 is 1.02 bits per heavy atom. The molecule has 0 aliphatic heterocycles. The highest BCUT2D eigenvalue weighted by molar-refractivity contribution is 7.92. The molecule has 0 saturated heterocycles. The van der Waals surface area contributed by atoms with Crippen LogP contribution in [0, 0.1) is 10.1 Å². The molecule has 0 aromatic heterocycles. The molecule has 0 heterocycles. The quantitative estimate of drug-likeness (QED) is 0.133. The van der Waals surface area contributed by atoms with Crippen LogP contribution in [0.3, 0.4) is 0 Å². The first-order chi connectivity index (χ1) is 20.8. The number of rotatable bonds is 15.